The molecule has 1 aliphatic carbocycles. The highest BCUT2D eigenvalue weighted by molar-refractivity contribution is 5.89. The third-order valence-corrected chi connectivity index (χ3v) is 5.72. The van der Waals surface area contributed by atoms with Crippen molar-refractivity contribution in [3.63, 3.8) is 0 Å². The van der Waals surface area contributed by atoms with Crippen LogP contribution in [0.2, 0.25) is 0 Å². The average Bonchev–Trinajstić information content (AvgIpc) is 3.05. The van der Waals surface area contributed by atoms with Gasteiger partial charge in [0.1, 0.15) is 12.1 Å². The second-order valence-electron chi connectivity index (χ2n) is 8.63. The van der Waals surface area contributed by atoms with Gasteiger partial charge >= 0.3 is 12.1 Å². The Hall–Kier alpha value is -3.35. The van der Waals surface area contributed by atoms with E-state index >= 15 is 0 Å². The van der Waals surface area contributed by atoms with E-state index in [-0.39, 0.29) is 18.9 Å². The van der Waals surface area contributed by atoms with Crippen LogP contribution in [0, 0.1) is 0 Å². The molecule has 0 saturated carbocycles. The molecule has 7 heteroatoms. The highest BCUT2D eigenvalue weighted by Crippen LogP contribution is 2.44. The number of nitrogens with one attached hydrogen (secondary N) is 2. The van der Waals surface area contributed by atoms with E-state index in [4.69, 9.17) is 9.84 Å². The number of hydrogen-bond donors (Lipinski definition) is 3. The summed E-state index contributed by atoms with van der Waals surface area (Å²) in [5, 5.41) is 14.4. The zero-order valence-corrected chi connectivity index (χ0v) is 18.7. The highest BCUT2D eigenvalue weighted by Gasteiger charge is 2.33. The van der Waals surface area contributed by atoms with Crippen LogP contribution in [0.5, 0.6) is 0 Å². The van der Waals surface area contributed by atoms with E-state index < -0.39 is 29.6 Å². The van der Waals surface area contributed by atoms with Crippen LogP contribution in [-0.4, -0.2) is 41.3 Å². The summed E-state index contributed by atoms with van der Waals surface area (Å²) in [5.74, 6) is -1.51. The van der Waals surface area contributed by atoms with Crippen LogP contribution in [0.15, 0.2) is 48.5 Å². The molecule has 2 aromatic rings. The summed E-state index contributed by atoms with van der Waals surface area (Å²) in [6.45, 7) is 5.19. The first-order valence-electron chi connectivity index (χ1n) is 10.9. The van der Waals surface area contributed by atoms with Crippen LogP contribution in [0.1, 0.15) is 57.1 Å². The monoisotopic (exact) mass is 438 g/mol. The number of carbonyl (C=O) groups excluding carboxylic acids is 2. The molecule has 2 aromatic carbocycles. The van der Waals surface area contributed by atoms with Gasteiger partial charge in [0.2, 0.25) is 5.91 Å². The van der Waals surface area contributed by atoms with Gasteiger partial charge in [0, 0.05) is 12.0 Å². The number of fused-ring (bicyclic) bond motifs is 3. The van der Waals surface area contributed by atoms with Crippen LogP contribution in [-0.2, 0) is 14.3 Å². The van der Waals surface area contributed by atoms with Gasteiger partial charge in [-0.1, -0.05) is 61.9 Å². The van der Waals surface area contributed by atoms with Gasteiger partial charge in [-0.15, -0.1) is 0 Å². The number of carboxylic acid groups (broad SMARTS) is 1. The Morgan fingerprint density at radius 3 is 2.12 bits per heavy atom. The maximum absolute atomic E-state index is 12.7. The maximum atomic E-state index is 12.7. The standard InChI is InChI=1S/C25H30N2O5/c1-4-9-16(14-22(28)29)26-23(30)25(2,3)27-24(31)32-15-21-19-12-7-5-10-17(19)18-11-6-8-13-20(18)21/h5-8,10-13,16,21H,4,9,14-15H2,1-3H3,(H,26,30)(H,27,31)(H,28,29). The molecule has 1 unspecified atom stereocenters. The number of carboxylic acids is 1. The van der Waals surface area contributed by atoms with E-state index in [1.54, 1.807) is 13.8 Å². The number of amides is 2. The Labute approximate surface area is 188 Å². The summed E-state index contributed by atoms with van der Waals surface area (Å²) in [6.07, 6.45) is 0.412. The molecule has 2 amide bonds. The molecule has 0 heterocycles. The molecule has 0 aromatic heterocycles. The Morgan fingerprint density at radius 2 is 1.59 bits per heavy atom. The summed E-state index contributed by atoms with van der Waals surface area (Å²) in [4.78, 5) is 36.2. The highest BCUT2D eigenvalue weighted by atomic mass is 16.5. The molecule has 0 bridgehead atoms. The third-order valence-electron chi connectivity index (χ3n) is 5.72. The fourth-order valence-electron chi connectivity index (χ4n) is 4.10. The zero-order valence-electron chi connectivity index (χ0n) is 18.7. The van der Waals surface area contributed by atoms with Crippen molar-refractivity contribution < 1.29 is 24.2 Å². The molecule has 0 saturated heterocycles. The first-order chi connectivity index (χ1) is 15.2. The number of rotatable bonds is 9. The normalized spacial score (nSPS) is 13.6. The van der Waals surface area contributed by atoms with Crippen molar-refractivity contribution in [2.45, 2.75) is 57.5 Å². The van der Waals surface area contributed by atoms with Gasteiger partial charge in [-0.05, 0) is 42.5 Å². The van der Waals surface area contributed by atoms with E-state index in [0.717, 1.165) is 28.7 Å². The molecule has 0 aliphatic heterocycles. The molecule has 7 nitrogen and oxygen atoms in total. The molecular formula is C25H30N2O5. The van der Waals surface area contributed by atoms with Crippen LogP contribution in [0.25, 0.3) is 11.1 Å². The largest absolute Gasteiger partial charge is 0.481 e. The Balaban J connectivity index is 1.62. The average molecular weight is 439 g/mol. The first kappa shape index (κ1) is 23.3. The van der Waals surface area contributed by atoms with Crippen molar-refractivity contribution in [1.82, 2.24) is 10.6 Å². The van der Waals surface area contributed by atoms with Crippen LogP contribution in [0.4, 0.5) is 4.79 Å². The molecule has 32 heavy (non-hydrogen) atoms. The summed E-state index contributed by atoms with van der Waals surface area (Å²) in [5.41, 5.74) is 3.23. The van der Waals surface area contributed by atoms with Gasteiger partial charge in [-0.2, -0.15) is 0 Å². The van der Waals surface area contributed by atoms with Crippen molar-refractivity contribution in [1.29, 1.82) is 0 Å². The van der Waals surface area contributed by atoms with Crippen LogP contribution < -0.4 is 10.6 Å². The maximum Gasteiger partial charge on any atom is 0.408 e. The van der Waals surface area contributed by atoms with Crippen molar-refractivity contribution in [3.05, 3.63) is 59.7 Å². The molecule has 0 fully saturated rings. The number of carbonyl (C=O) groups is 3. The Bertz CT molecular complexity index is 956. The van der Waals surface area contributed by atoms with Gasteiger partial charge in [0.05, 0.1) is 6.42 Å². The first-order valence-corrected chi connectivity index (χ1v) is 10.9. The minimum absolute atomic E-state index is 0.0745. The topological polar surface area (TPSA) is 105 Å². The fraction of sp³-hybridized carbons (Fsp3) is 0.400. The summed E-state index contributed by atoms with van der Waals surface area (Å²) in [6, 6.07) is 15.6. The minimum Gasteiger partial charge on any atom is -0.481 e. The second kappa shape index (κ2) is 9.85. The van der Waals surface area contributed by atoms with Crippen molar-refractivity contribution >= 4 is 18.0 Å². The van der Waals surface area contributed by atoms with Gasteiger partial charge in [0.15, 0.2) is 0 Å². The lowest BCUT2D eigenvalue weighted by atomic mass is 9.98. The number of hydrogen-bond acceptors (Lipinski definition) is 4. The molecule has 1 aliphatic rings. The lowest BCUT2D eigenvalue weighted by Crippen LogP contribution is -2.57. The van der Waals surface area contributed by atoms with Gasteiger partial charge < -0.3 is 20.5 Å². The predicted octanol–water partition coefficient (Wildman–Crippen LogP) is 4.06. The molecule has 3 rings (SSSR count). The third kappa shape index (κ3) is 5.28. The molecule has 170 valence electrons. The fourth-order valence-corrected chi connectivity index (χ4v) is 4.10. The second-order valence-corrected chi connectivity index (χ2v) is 8.63. The van der Waals surface area contributed by atoms with Gasteiger partial charge in [0.25, 0.3) is 0 Å². The summed E-state index contributed by atoms with van der Waals surface area (Å²) in [7, 11) is 0. The summed E-state index contributed by atoms with van der Waals surface area (Å²) >= 11 is 0. The zero-order chi connectivity index (χ0) is 23.3. The van der Waals surface area contributed by atoms with E-state index in [1.807, 2.05) is 43.3 Å². The lowest BCUT2D eigenvalue weighted by Gasteiger charge is -2.28. The van der Waals surface area contributed by atoms with Crippen LogP contribution in [0.3, 0.4) is 0 Å². The van der Waals surface area contributed by atoms with Crippen molar-refractivity contribution in [2.75, 3.05) is 6.61 Å². The van der Waals surface area contributed by atoms with Crippen molar-refractivity contribution in [2.24, 2.45) is 0 Å². The number of ether oxygens (including phenoxy) is 1. The summed E-state index contributed by atoms with van der Waals surface area (Å²) < 4.78 is 5.52. The molecule has 0 spiro atoms. The van der Waals surface area contributed by atoms with Crippen LogP contribution >= 0.6 is 0 Å². The van der Waals surface area contributed by atoms with Crippen molar-refractivity contribution in [3.8, 4) is 11.1 Å². The van der Waals surface area contributed by atoms with E-state index in [0.29, 0.717) is 6.42 Å². The molecular weight excluding hydrogens is 408 g/mol. The number of alkyl carbamates (subject to hydrolysis) is 1. The Morgan fingerprint density at radius 1 is 1.03 bits per heavy atom. The van der Waals surface area contributed by atoms with E-state index in [1.165, 1.54) is 0 Å². The number of aliphatic carboxylic acids is 1. The van der Waals surface area contributed by atoms with Gasteiger partial charge in [-0.3, -0.25) is 9.59 Å². The van der Waals surface area contributed by atoms with E-state index in [9.17, 15) is 14.4 Å². The molecule has 0 radical (unpaired) electrons. The SMILES string of the molecule is CCCC(CC(=O)O)NC(=O)C(C)(C)NC(=O)OCC1c2ccccc2-c2ccccc21. The molecule has 3 N–H and O–H groups in total. The quantitative estimate of drug-likeness (QED) is 0.548. The smallest absolute Gasteiger partial charge is 0.408 e. The number of benzene rings is 2. The van der Waals surface area contributed by atoms with E-state index in [2.05, 4.69) is 22.8 Å². The lowest BCUT2D eigenvalue weighted by molar-refractivity contribution is -0.138. The molecule has 1 atom stereocenters. The van der Waals surface area contributed by atoms with Gasteiger partial charge in [-0.25, -0.2) is 4.79 Å². The predicted molar refractivity (Wildman–Crippen MR) is 121 cm³/mol. The minimum atomic E-state index is -1.26. The Kier molecular flexibility index (Phi) is 7.18.